The molecule has 1 atom stereocenters. The molecule has 38 heavy (non-hydrogen) atoms. The quantitative estimate of drug-likeness (QED) is 0.293. The topological polar surface area (TPSA) is 130 Å². The number of hydrogen-bond donors (Lipinski definition) is 1. The van der Waals surface area contributed by atoms with Crippen molar-refractivity contribution in [1.82, 2.24) is 10.2 Å². The highest BCUT2D eigenvalue weighted by Crippen LogP contribution is 2.26. The Balaban J connectivity index is 2.06. The monoisotopic (exact) mass is 538 g/mol. The fourth-order valence-corrected chi connectivity index (χ4v) is 5.40. The maximum Gasteiger partial charge on any atom is 0.269 e. The van der Waals surface area contributed by atoms with E-state index in [0.29, 0.717) is 6.42 Å². The Hall–Kier alpha value is -4.25. The lowest BCUT2D eigenvalue weighted by molar-refractivity contribution is -0.384. The molecule has 1 N–H and O–H groups in total. The molecule has 0 heterocycles. The zero-order valence-corrected chi connectivity index (χ0v) is 22.2. The van der Waals surface area contributed by atoms with Gasteiger partial charge in [-0.3, -0.25) is 24.0 Å². The molecule has 0 unspecified atom stereocenters. The molecule has 0 aliphatic heterocycles. The molecule has 2 amide bonds. The lowest BCUT2D eigenvalue weighted by atomic mass is 10.1. The number of likely N-dealkylation sites (N-methyl/N-ethyl adjacent to an activating group) is 1. The molecule has 0 aromatic heterocycles. The van der Waals surface area contributed by atoms with Crippen molar-refractivity contribution >= 4 is 33.2 Å². The summed E-state index contributed by atoms with van der Waals surface area (Å²) in [6.45, 7) is 3.17. The van der Waals surface area contributed by atoms with Crippen LogP contribution in [0.25, 0.3) is 0 Å². The molecule has 3 aromatic rings. The molecule has 10 nitrogen and oxygen atoms in total. The zero-order chi connectivity index (χ0) is 27.9. The number of nitrogens with one attached hydrogen (secondary N) is 1. The van der Waals surface area contributed by atoms with Crippen LogP contribution in [-0.4, -0.2) is 49.7 Å². The molecular formula is C27H30N4O6S. The van der Waals surface area contributed by atoms with Crippen molar-refractivity contribution in [3.63, 3.8) is 0 Å². The van der Waals surface area contributed by atoms with Crippen LogP contribution in [0.2, 0.25) is 0 Å². The molecule has 0 bridgehead atoms. The summed E-state index contributed by atoms with van der Waals surface area (Å²) in [6.07, 6.45) is 0.306. The van der Waals surface area contributed by atoms with Gasteiger partial charge in [0.15, 0.2) is 0 Å². The highest BCUT2D eigenvalue weighted by molar-refractivity contribution is 7.92. The Morgan fingerprint density at radius 3 is 2.11 bits per heavy atom. The molecular weight excluding hydrogens is 508 g/mol. The molecule has 0 aliphatic rings. The molecule has 0 aliphatic carbocycles. The highest BCUT2D eigenvalue weighted by Gasteiger charge is 2.33. The number of amides is 2. The van der Waals surface area contributed by atoms with Gasteiger partial charge in [0.05, 0.1) is 15.5 Å². The van der Waals surface area contributed by atoms with E-state index >= 15 is 0 Å². The number of rotatable bonds is 11. The molecule has 0 radical (unpaired) electrons. The van der Waals surface area contributed by atoms with Crippen LogP contribution in [0.15, 0.2) is 83.8 Å². The van der Waals surface area contributed by atoms with Crippen LogP contribution in [0.4, 0.5) is 11.4 Å². The first-order valence-electron chi connectivity index (χ1n) is 12.0. The van der Waals surface area contributed by atoms with E-state index in [2.05, 4.69) is 5.32 Å². The number of sulfonamides is 1. The van der Waals surface area contributed by atoms with Gasteiger partial charge in [-0.25, -0.2) is 8.42 Å². The molecule has 0 fully saturated rings. The van der Waals surface area contributed by atoms with E-state index in [9.17, 15) is 28.1 Å². The lowest BCUT2D eigenvalue weighted by Gasteiger charge is -2.33. The van der Waals surface area contributed by atoms with Crippen molar-refractivity contribution in [2.45, 2.75) is 37.8 Å². The van der Waals surface area contributed by atoms with Crippen LogP contribution >= 0.6 is 0 Å². The Morgan fingerprint density at radius 2 is 1.58 bits per heavy atom. The number of non-ortho nitro benzene ring substituents is 1. The van der Waals surface area contributed by atoms with Crippen LogP contribution in [-0.2, 0) is 26.2 Å². The predicted octanol–water partition coefficient (Wildman–Crippen LogP) is 3.65. The minimum atomic E-state index is -4.24. The Bertz CT molecular complexity index is 1380. The molecule has 200 valence electrons. The van der Waals surface area contributed by atoms with E-state index in [0.717, 1.165) is 15.4 Å². The number of nitrogens with zero attached hydrogens (tertiary/aromatic N) is 3. The summed E-state index contributed by atoms with van der Waals surface area (Å²) in [7, 11) is -2.76. The van der Waals surface area contributed by atoms with E-state index in [1.54, 1.807) is 25.1 Å². The summed E-state index contributed by atoms with van der Waals surface area (Å²) in [5.41, 5.74) is 1.67. The number of hydrogen-bond acceptors (Lipinski definition) is 6. The number of anilines is 1. The number of benzene rings is 3. The first-order valence-corrected chi connectivity index (χ1v) is 13.4. The molecule has 0 saturated heterocycles. The van der Waals surface area contributed by atoms with Gasteiger partial charge in [-0.2, -0.15) is 0 Å². The minimum Gasteiger partial charge on any atom is -0.357 e. The van der Waals surface area contributed by atoms with Gasteiger partial charge in [0.1, 0.15) is 12.6 Å². The lowest BCUT2D eigenvalue weighted by Crippen LogP contribution is -2.51. The third-order valence-electron chi connectivity index (χ3n) is 6.06. The normalized spacial score (nSPS) is 11.9. The largest absolute Gasteiger partial charge is 0.357 e. The summed E-state index contributed by atoms with van der Waals surface area (Å²) in [5.74, 6) is -0.973. The minimum absolute atomic E-state index is 0.0467. The zero-order valence-electron chi connectivity index (χ0n) is 21.4. The van der Waals surface area contributed by atoms with Gasteiger partial charge in [0, 0.05) is 25.7 Å². The second kappa shape index (κ2) is 12.3. The van der Waals surface area contributed by atoms with Crippen LogP contribution in [0.5, 0.6) is 0 Å². The predicted molar refractivity (Wildman–Crippen MR) is 144 cm³/mol. The Labute approximate surface area is 222 Å². The Morgan fingerprint density at radius 1 is 0.974 bits per heavy atom. The maximum atomic E-state index is 13.8. The van der Waals surface area contributed by atoms with E-state index in [1.165, 1.54) is 48.3 Å². The molecule has 3 rings (SSSR count). The number of carbonyl (C=O) groups is 2. The number of carbonyl (C=O) groups excluding carboxylic acids is 2. The molecule has 0 saturated carbocycles. The van der Waals surface area contributed by atoms with E-state index < -0.39 is 33.4 Å². The standard InChI is InChI=1S/C27H30N4O6S/c1-4-25(27(33)28-3)29(18-21-12-10-20(2)11-13-21)26(32)19-30(22-14-16-23(17-15-22)31(34)35)38(36,37)24-8-6-5-7-9-24/h5-17,25H,4,18-19H2,1-3H3,(H,28,33)/t25-/m0/s1. The highest BCUT2D eigenvalue weighted by atomic mass is 32.2. The van der Waals surface area contributed by atoms with E-state index in [1.807, 2.05) is 31.2 Å². The average Bonchev–Trinajstić information content (AvgIpc) is 2.92. The summed E-state index contributed by atoms with van der Waals surface area (Å²) in [6, 6.07) is 19.2. The fourth-order valence-electron chi connectivity index (χ4n) is 3.97. The number of nitro groups is 1. The van der Waals surface area contributed by atoms with Crippen molar-refractivity contribution < 1.29 is 22.9 Å². The van der Waals surface area contributed by atoms with E-state index in [-0.39, 0.29) is 28.7 Å². The average molecular weight is 539 g/mol. The van der Waals surface area contributed by atoms with Crippen LogP contribution in [0, 0.1) is 17.0 Å². The van der Waals surface area contributed by atoms with Crippen LogP contribution in [0.1, 0.15) is 24.5 Å². The summed E-state index contributed by atoms with van der Waals surface area (Å²) in [5, 5.41) is 13.7. The van der Waals surface area contributed by atoms with Gasteiger partial charge in [-0.15, -0.1) is 0 Å². The first-order chi connectivity index (χ1) is 18.1. The summed E-state index contributed by atoms with van der Waals surface area (Å²) in [4.78, 5) is 38.4. The van der Waals surface area contributed by atoms with Crippen LogP contribution < -0.4 is 9.62 Å². The SMILES string of the molecule is CC[C@@H](C(=O)NC)N(Cc1ccc(C)cc1)C(=O)CN(c1ccc([N+](=O)[O-])cc1)S(=O)(=O)c1ccccc1. The third kappa shape index (κ3) is 6.54. The molecule has 3 aromatic carbocycles. The third-order valence-corrected chi connectivity index (χ3v) is 7.85. The fraction of sp³-hybridized carbons (Fsp3) is 0.259. The summed E-state index contributed by atoms with van der Waals surface area (Å²) >= 11 is 0. The van der Waals surface area contributed by atoms with Crippen molar-refractivity contribution in [2.75, 3.05) is 17.9 Å². The smallest absolute Gasteiger partial charge is 0.269 e. The molecule has 11 heteroatoms. The van der Waals surface area contributed by atoms with E-state index in [4.69, 9.17) is 0 Å². The van der Waals surface area contributed by atoms with Gasteiger partial charge in [-0.05, 0) is 43.2 Å². The van der Waals surface area contributed by atoms with Crippen molar-refractivity contribution in [3.8, 4) is 0 Å². The number of aryl methyl sites for hydroxylation is 1. The van der Waals surface area contributed by atoms with Crippen molar-refractivity contribution in [3.05, 3.63) is 100 Å². The van der Waals surface area contributed by atoms with Gasteiger partial charge < -0.3 is 10.2 Å². The van der Waals surface area contributed by atoms with Gasteiger partial charge >= 0.3 is 0 Å². The second-order valence-corrected chi connectivity index (χ2v) is 10.5. The first kappa shape index (κ1) is 28.3. The summed E-state index contributed by atoms with van der Waals surface area (Å²) < 4.78 is 28.3. The van der Waals surface area contributed by atoms with Crippen molar-refractivity contribution in [1.29, 1.82) is 0 Å². The van der Waals surface area contributed by atoms with Gasteiger partial charge in [-0.1, -0.05) is 55.0 Å². The Kier molecular flexibility index (Phi) is 9.19. The molecule has 0 spiro atoms. The van der Waals surface area contributed by atoms with Gasteiger partial charge in [0.25, 0.3) is 15.7 Å². The second-order valence-electron chi connectivity index (χ2n) is 8.64. The number of nitro benzene ring substituents is 1. The van der Waals surface area contributed by atoms with Gasteiger partial charge in [0.2, 0.25) is 11.8 Å². The van der Waals surface area contributed by atoms with Crippen LogP contribution in [0.3, 0.4) is 0 Å². The van der Waals surface area contributed by atoms with Crippen molar-refractivity contribution in [2.24, 2.45) is 0 Å². The maximum absolute atomic E-state index is 13.8.